The number of benzene rings is 1. The monoisotopic (exact) mass is 614 g/mol. The van der Waals surface area contributed by atoms with E-state index < -0.39 is 5.82 Å². The number of ether oxygens (including phenoxy) is 1. The van der Waals surface area contributed by atoms with Gasteiger partial charge in [-0.05, 0) is 76.2 Å². The third-order valence-corrected chi connectivity index (χ3v) is 10.8. The number of piperazine rings is 1. The first-order valence-corrected chi connectivity index (χ1v) is 16.0. The van der Waals surface area contributed by atoms with Gasteiger partial charge in [-0.2, -0.15) is 15.1 Å². The van der Waals surface area contributed by atoms with Crippen LogP contribution in [0.25, 0.3) is 33.1 Å². The summed E-state index contributed by atoms with van der Waals surface area (Å²) in [6, 6.07) is 2.56. The molecule has 4 aliphatic heterocycles. The van der Waals surface area contributed by atoms with Crippen molar-refractivity contribution in [1.29, 1.82) is 0 Å². The molecule has 0 aliphatic carbocycles. The van der Waals surface area contributed by atoms with Gasteiger partial charge in [-0.1, -0.05) is 24.8 Å². The van der Waals surface area contributed by atoms with E-state index in [1.165, 1.54) is 12.8 Å². The number of aromatic amines is 1. The predicted octanol–water partition coefficient (Wildman–Crippen LogP) is 6.03. The summed E-state index contributed by atoms with van der Waals surface area (Å²) in [6.07, 6.45) is 11.9. The van der Waals surface area contributed by atoms with Crippen molar-refractivity contribution in [2.75, 3.05) is 37.7 Å². The lowest BCUT2D eigenvalue weighted by atomic mass is 9.95. The number of nitrogens with one attached hydrogen (secondary N) is 1. The van der Waals surface area contributed by atoms with Gasteiger partial charge in [0, 0.05) is 53.0 Å². The van der Waals surface area contributed by atoms with Crippen LogP contribution in [-0.2, 0) is 0 Å². The number of fused-ring (bicyclic) bond motifs is 5. The van der Waals surface area contributed by atoms with Crippen molar-refractivity contribution in [3.05, 3.63) is 59.8 Å². The minimum Gasteiger partial charge on any atom is -0.461 e. The normalized spacial score (nSPS) is 22.7. The van der Waals surface area contributed by atoms with E-state index in [1.807, 2.05) is 13.0 Å². The smallest absolute Gasteiger partial charge is 0.319 e. The van der Waals surface area contributed by atoms with Crippen molar-refractivity contribution in [2.45, 2.75) is 63.1 Å². The molecule has 2 atom stereocenters. The number of hydrogen-bond acceptors (Lipinski definition) is 8. The third kappa shape index (κ3) is 4.21. The minimum atomic E-state index is -0.521. The van der Waals surface area contributed by atoms with E-state index in [9.17, 15) is 0 Å². The molecule has 3 aromatic heterocycles. The standard InChI is InChI=1S/C33H36ClFN8O/c1-4-19(2)43-21-7-8-22(43)17-41(16-21)31-24-14-36-30(27-20(3)25(34)13-26-23(27)15-37-40-26)28(35)29(24)38-32(39-31)44-18-33-9-5-11-42(33)12-6-10-33/h4,13-15,21-22H,1-2,5-12,16-18H2,3H3,(H,37,40). The maximum absolute atomic E-state index is 16.8. The lowest BCUT2D eigenvalue weighted by Gasteiger charge is -2.43. The summed E-state index contributed by atoms with van der Waals surface area (Å²) < 4.78 is 23.3. The van der Waals surface area contributed by atoms with Gasteiger partial charge in [-0.3, -0.25) is 15.0 Å². The lowest BCUT2D eigenvalue weighted by molar-refractivity contribution is 0.108. The van der Waals surface area contributed by atoms with E-state index >= 15 is 4.39 Å². The van der Waals surface area contributed by atoms with Crippen molar-refractivity contribution in [3.63, 3.8) is 0 Å². The molecule has 4 saturated heterocycles. The van der Waals surface area contributed by atoms with Crippen molar-refractivity contribution >= 4 is 39.2 Å². The van der Waals surface area contributed by atoms with Crippen LogP contribution in [0.4, 0.5) is 10.2 Å². The molecular weight excluding hydrogens is 579 g/mol. The Morgan fingerprint density at radius 1 is 1.16 bits per heavy atom. The highest BCUT2D eigenvalue weighted by atomic mass is 35.5. The molecular formula is C33H36ClFN8O. The van der Waals surface area contributed by atoms with Crippen LogP contribution in [0.5, 0.6) is 6.01 Å². The molecule has 4 aromatic rings. The predicted molar refractivity (Wildman–Crippen MR) is 171 cm³/mol. The highest BCUT2D eigenvalue weighted by Gasteiger charge is 2.45. The maximum Gasteiger partial charge on any atom is 0.319 e. The topological polar surface area (TPSA) is 86.3 Å². The van der Waals surface area contributed by atoms with Crippen molar-refractivity contribution in [3.8, 4) is 17.3 Å². The van der Waals surface area contributed by atoms with Crippen molar-refractivity contribution in [2.24, 2.45) is 0 Å². The molecule has 2 bridgehead atoms. The zero-order valence-electron chi connectivity index (χ0n) is 25.0. The number of hydrogen-bond donors (Lipinski definition) is 1. The number of halogens is 2. The van der Waals surface area contributed by atoms with E-state index in [1.54, 1.807) is 18.5 Å². The number of nitrogens with zero attached hydrogens (tertiary/aromatic N) is 7. The third-order valence-electron chi connectivity index (χ3n) is 10.5. The molecule has 2 unspecified atom stereocenters. The van der Waals surface area contributed by atoms with E-state index in [-0.39, 0.29) is 34.8 Å². The van der Waals surface area contributed by atoms with Crippen LogP contribution >= 0.6 is 11.6 Å². The molecule has 0 saturated carbocycles. The number of aromatic nitrogens is 5. The summed E-state index contributed by atoms with van der Waals surface area (Å²) in [7, 11) is 0. The molecule has 228 valence electrons. The number of H-pyrrole nitrogens is 1. The van der Waals surface area contributed by atoms with Crippen LogP contribution in [0.1, 0.15) is 44.1 Å². The Balaban J connectivity index is 1.24. The molecule has 44 heavy (non-hydrogen) atoms. The Labute approximate surface area is 260 Å². The van der Waals surface area contributed by atoms with E-state index in [2.05, 4.69) is 43.0 Å². The SMILES string of the molecule is C=CC(=C)N1C2CCC1CN(c1nc(OCC34CCCN3CCC4)nc3c(F)c(-c4c(C)c(Cl)cc5[nH]ncc45)ncc13)C2. The molecule has 8 rings (SSSR count). The minimum absolute atomic E-state index is 0.0149. The lowest BCUT2D eigenvalue weighted by Crippen LogP contribution is -2.53. The summed E-state index contributed by atoms with van der Waals surface area (Å²) in [6.45, 7) is 14.2. The first kappa shape index (κ1) is 27.8. The molecule has 11 heteroatoms. The summed E-state index contributed by atoms with van der Waals surface area (Å²) in [4.78, 5) is 21.6. The number of pyridine rings is 1. The Morgan fingerprint density at radius 3 is 2.64 bits per heavy atom. The van der Waals surface area contributed by atoms with Crippen LogP contribution in [-0.4, -0.2) is 85.4 Å². The fourth-order valence-electron chi connectivity index (χ4n) is 8.28. The van der Waals surface area contributed by atoms with E-state index in [4.69, 9.17) is 26.3 Å². The molecule has 0 amide bonds. The average molecular weight is 615 g/mol. The number of anilines is 1. The summed E-state index contributed by atoms with van der Waals surface area (Å²) in [5.41, 5.74) is 3.40. The summed E-state index contributed by atoms with van der Waals surface area (Å²) >= 11 is 6.58. The van der Waals surface area contributed by atoms with Crippen LogP contribution < -0.4 is 9.64 Å². The van der Waals surface area contributed by atoms with Crippen LogP contribution in [0.15, 0.2) is 43.4 Å². The first-order chi connectivity index (χ1) is 21.4. The van der Waals surface area contributed by atoms with Gasteiger partial charge in [0.2, 0.25) is 0 Å². The Bertz CT molecular complexity index is 1800. The average Bonchev–Trinajstić information content (AvgIpc) is 3.80. The highest BCUT2D eigenvalue weighted by molar-refractivity contribution is 6.32. The fraction of sp³-hybridized carbons (Fsp3) is 0.455. The second kappa shape index (κ2) is 10.4. The number of allylic oxidation sites excluding steroid dienone is 1. The van der Waals surface area contributed by atoms with Gasteiger partial charge < -0.3 is 14.5 Å². The van der Waals surface area contributed by atoms with Gasteiger partial charge in [0.15, 0.2) is 5.82 Å². The van der Waals surface area contributed by atoms with Gasteiger partial charge in [0.1, 0.15) is 23.6 Å². The van der Waals surface area contributed by atoms with Crippen LogP contribution in [0.2, 0.25) is 5.02 Å². The molecule has 0 spiro atoms. The van der Waals surface area contributed by atoms with Crippen LogP contribution in [0.3, 0.4) is 0 Å². The highest BCUT2D eigenvalue weighted by Crippen LogP contribution is 2.42. The van der Waals surface area contributed by atoms with E-state index in [0.717, 1.165) is 74.0 Å². The van der Waals surface area contributed by atoms with Gasteiger partial charge in [-0.25, -0.2) is 4.39 Å². The number of rotatable bonds is 7. The van der Waals surface area contributed by atoms with Gasteiger partial charge in [-0.15, -0.1) is 0 Å². The molecule has 4 aliphatic rings. The molecule has 1 N–H and O–H groups in total. The second-order valence-corrected chi connectivity index (χ2v) is 13.2. The second-order valence-electron chi connectivity index (χ2n) is 12.8. The summed E-state index contributed by atoms with van der Waals surface area (Å²) in [5.74, 6) is 0.138. The molecule has 7 heterocycles. The maximum atomic E-state index is 16.8. The first-order valence-electron chi connectivity index (χ1n) is 15.6. The zero-order chi connectivity index (χ0) is 30.2. The van der Waals surface area contributed by atoms with Gasteiger partial charge >= 0.3 is 6.01 Å². The van der Waals surface area contributed by atoms with Crippen LogP contribution in [0, 0.1) is 12.7 Å². The van der Waals surface area contributed by atoms with Crippen molar-refractivity contribution in [1.82, 2.24) is 34.9 Å². The quantitative estimate of drug-likeness (QED) is 0.253. The van der Waals surface area contributed by atoms with Gasteiger partial charge in [0.05, 0.1) is 22.6 Å². The van der Waals surface area contributed by atoms with E-state index in [0.29, 0.717) is 28.4 Å². The molecule has 4 fully saturated rings. The van der Waals surface area contributed by atoms with Gasteiger partial charge in [0.25, 0.3) is 0 Å². The Kier molecular flexibility index (Phi) is 6.57. The Hall–Kier alpha value is -3.76. The Morgan fingerprint density at radius 2 is 1.91 bits per heavy atom. The van der Waals surface area contributed by atoms with Crippen molar-refractivity contribution < 1.29 is 9.13 Å². The molecule has 9 nitrogen and oxygen atoms in total. The molecule has 0 radical (unpaired) electrons. The fourth-order valence-corrected chi connectivity index (χ4v) is 8.48. The molecule has 1 aromatic carbocycles. The largest absolute Gasteiger partial charge is 0.461 e. The summed E-state index contributed by atoms with van der Waals surface area (Å²) in [5, 5.41) is 8.96. The zero-order valence-corrected chi connectivity index (χ0v) is 25.7.